The molecule has 1 saturated heterocycles. The molecule has 7 heteroatoms. The summed E-state index contributed by atoms with van der Waals surface area (Å²) in [6, 6.07) is 13.0. The molecule has 1 unspecified atom stereocenters. The van der Waals surface area contributed by atoms with Crippen molar-refractivity contribution < 1.29 is 18.1 Å². The summed E-state index contributed by atoms with van der Waals surface area (Å²) in [6.45, 7) is 6.95. The second-order valence-electron chi connectivity index (χ2n) is 9.29. The number of piperidine rings is 1. The minimum absolute atomic E-state index is 0.252. The molecular weight excluding hydrogens is 427 g/mol. The van der Waals surface area contributed by atoms with Gasteiger partial charge in [-0.1, -0.05) is 12.1 Å². The lowest BCUT2D eigenvalue weighted by atomic mass is 10.0. The van der Waals surface area contributed by atoms with E-state index in [0.29, 0.717) is 29.6 Å². The van der Waals surface area contributed by atoms with E-state index in [-0.39, 0.29) is 11.9 Å². The van der Waals surface area contributed by atoms with Crippen LogP contribution in [-0.4, -0.2) is 44.7 Å². The van der Waals surface area contributed by atoms with Gasteiger partial charge in [-0.15, -0.1) is 0 Å². The molecule has 3 aromatic rings. The second-order valence-corrected chi connectivity index (χ2v) is 10.7. The van der Waals surface area contributed by atoms with E-state index in [0.717, 1.165) is 29.3 Å². The number of hydrogen-bond donors (Lipinski definition) is 0. The number of fused-ring (bicyclic) bond motifs is 1. The molecule has 0 bridgehead atoms. The number of halogens is 1. The van der Waals surface area contributed by atoms with E-state index in [1.54, 1.807) is 23.3 Å². The Bertz CT molecular complexity index is 1170. The Kier molecular flexibility index (Phi) is 6.12. The molecule has 0 N–H and O–H groups in total. The lowest BCUT2D eigenvalue weighted by Gasteiger charge is -2.34. The maximum Gasteiger partial charge on any atom is 0.410 e. The van der Waals surface area contributed by atoms with Crippen molar-refractivity contribution in [2.24, 2.45) is 0 Å². The molecule has 1 aliphatic heterocycles. The number of benzene rings is 2. The summed E-state index contributed by atoms with van der Waals surface area (Å²) in [7, 11) is -1.21. The fourth-order valence-electron chi connectivity index (χ4n) is 4.21. The Hall–Kier alpha value is -2.67. The number of nitrogens with zero attached hydrogens (tertiary/aromatic N) is 2. The van der Waals surface area contributed by atoms with Crippen LogP contribution in [0.4, 0.5) is 9.18 Å². The molecule has 0 radical (unpaired) electrons. The first-order valence-corrected chi connectivity index (χ1v) is 12.4. The molecule has 0 saturated carbocycles. The zero-order valence-corrected chi connectivity index (χ0v) is 19.7. The van der Waals surface area contributed by atoms with Crippen LogP contribution in [0.5, 0.6) is 0 Å². The normalized spacial score (nSPS) is 16.3. The fraction of sp³-hybridized carbons (Fsp3) is 0.400. The number of ether oxygens (including phenoxy) is 1. The summed E-state index contributed by atoms with van der Waals surface area (Å²) in [5.41, 5.74) is 1.90. The van der Waals surface area contributed by atoms with Crippen molar-refractivity contribution in [3.05, 3.63) is 54.5 Å². The van der Waals surface area contributed by atoms with Crippen LogP contribution < -0.4 is 0 Å². The minimum atomic E-state index is -1.21. The van der Waals surface area contributed by atoms with Crippen LogP contribution in [0, 0.1) is 5.82 Å². The predicted octanol–water partition coefficient (Wildman–Crippen LogP) is 5.76. The van der Waals surface area contributed by atoms with Gasteiger partial charge < -0.3 is 14.2 Å². The molecule has 2 heterocycles. The SMILES string of the molecule is CS(=O)c1ccc(-c2ccc3c(ccn3C3CCN(C(=O)OC(C)(C)C)CC3)c2)c(F)c1. The lowest BCUT2D eigenvalue weighted by Crippen LogP contribution is -2.42. The van der Waals surface area contributed by atoms with Gasteiger partial charge in [0.2, 0.25) is 0 Å². The van der Waals surface area contributed by atoms with Gasteiger partial charge in [0, 0.05) is 63.7 Å². The summed E-state index contributed by atoms with van der Waals surface area (Å²) < 4.78 is 34.0. The van der Waals surface area contributed by atoms with Gasteiger partial charge in [0.15, 0.2) is 0 Å². The highest BCUT2D eigenvalue weighted by atomic mass is 32.2. The Morgan fingerprint density at radius 1 is 1.09 bits per heavy atom. The first-order chi connectivity index (χ1) is 15.1. The van der Waals surface area contributed by atoms with Crippen LogP contribution >= 0.6 is 0 Å². The Balaban J connectivity index is 1.51. The molecule has 1 aromatic heterocycles. The monoisotopic (exact) mass is 456 g/mol. The number of carbonyl (C=O) groups excluding carboxylic acids is 1. The van der Waals surface area contributed by atoms with Gasteiger partial charge in [0.1, 0.15) is 11.4 Å². The van der Waals surface area contributed by atoms with Crippen molar-refractivity contribution in [1.82, 2.24) is 9.47 Å². The molecule has 2 aromatic carbocycles. The summed E-state index contributed by atoms with van der Waals surface area (Å²) in [5, 5.41) is 1.04. The van der Waals surface area contributed by atoms with Crippen LogP contribution in [0.25, 0.3) is 22.0 Å². The third-order valence-electron chi connectivity index (χ3n) is 5.81. The number of amides is 1. The molecule has 170 valence electrons. The predicted molar refractivity (Wildman–Crippen MR) is 126 cm³/mol. The van der Waals surface area contributed by atoms with Gasteiger partial charge in [-0.2, -0.15) is 0 Å². The van der Waals surface area contributed by atoms with Crippen LogP contribution in [0.2, 0.25) is 0 Å². The quantitative estimate of drug-likeness (QED) is 0.504. The lowest BCUT2D eigenvalue weighted by molar-refractivity contribution is 0.0189. The molecule has 0 spiro atoms. The van der Waals surface area contributed by atoms with E-state index in [9.17, 15) is 13.4 Å². The van der Waals surface area contributed by atoms with Crippen molar-refractivity contribution in [2.75, 3.05) is 19.3 Å². The molecule has 1 atom stereocenters. The van der Waals surface area contributed by atoms with Gasteiger partial charge in [-0.05, 0) is 69.5 Å². The third-order valence-corrected chi connectivity index (χ3v) is 6.73. The molecule has 4 rings (SSSR count). The van der Waals surface area contributed by atoms with Crippen LogP contribution in [0.15, 0.2) is 53.6 Å². The zero-order chi connectivity index (χ0) is 23.0. The van der Waals surface area contributed by atoms with Crippen molar-refractivity contribution in [1.29, 1.82) is 0 Å². The number of likely N-dealkylation sites (tertiary alicyclic amines) is 1. The first-order valence-electron chi connectivity index (χ1n) is 10.8. The third kappa shape index (κ3) is 4.72. The van der Waals surface area contributed by atoms with Crippen molar-refractivity contribution in [2.45, 2.75) is 50.2 Å². The number of hydrogen-bond acceptors (Lipinski definition) is 3. The average Bonchev–Trinajstić information content (AvgIpc) is 3.15. The second kappa shape index (κ2) is 8.70. The Labute approximate surface area is 190 Å². The molecular formula is C25H29FN2O3S. The standard InChI is InChI=1S/C25H29FN2O3S/c1-25(2,3)31-24(29)27-12-10-19(11-13-27)28-14-9-18-15-17(5-8-23(18)28)21-7-6-20(32(4)30)16-22(21)26/h5-9,14-16,19H,10-13H2,1-4H3. The Morgan fingerprint density at radius 3 is 2.44 bits per heavy atom. The van der Waals surface area contributed by atoms with Crippen molar-refractivity contribution in [3.63, 3.8) is 0 Å². The summed E-state index contributed by atoms with van der Waals surface area (Å²) in [6.07, 6.45) is 5.07. The van der Waals surface area contributed by atoms with Crippen LogP contribution in [0.1, 0.15) is 39.7 Å². The maximum absolute atomic E-state index is 14.6. The van der Waals surface area contributed by atoms with Gasteiger partial charge in [0.25, 0.3) is 0 Å². The molecule has 5 nitrogen and oxygen atoms in total. The molecule has 1 fully saturated rings. The van der Waals surface area contributed by atoms with Crippen LogP contribution in [-0.2, 0) is 15.5 Å². The smallest absolute Gasteiger partial charge is 0.410 e. The van der Waals surface area contributed by atoms with Crippen LogP contribution in [0.3, 0.4) is 0 Å². The fourth-order valence-corrected chi connectivity index (χ4v) is 4.74. The van der Waals surface area contributed by atoms with E-state index in [1.165, 1.54) is 6.07 Å². The summed E-state index contributed by atoms with van der Waals surface area (Å²) in [5.74, 6) is -0.369. The largest absolute Gasteiger partial charge is 0.444 e. The van der Waals surface area contributed by atoms with Gasteiger partial charge in [-0.25, -0.2) is 9.18 Å². The summed E-state index contributed by atoms with van der Waals surface area (Å²) in [4.78, 5) is 14.6. The molecule has 0 aliphatic carbocycles. The first kappa shape index (κ1) is 22.5. The van der Waals surface area contributed by atoms with Gasteiger partial charge in [-0.3, -0.25) is 4.21 Å². The summed E-state index contributed by atoms with van der Waals surface area (Å²) >= 11 is 0. The average molecular weight is 457 g/mol. The van der Waals surface area contributed by atoms with E-state index < -0.39 is 16.4 Å². The van der Waals surface area contributed by atoms with E-state index in [2.05, 4.69) is 10.8 Å². The Morgan fingerprint density at radius 2 is 1.81 bits per heavy atom. The van der Waals surface area contributed by atoms with Crippen molar-refractivity contribution in [3.8, 4) is 11.1 Å². The number of aromatic nitrogens is 1. The topological polar surface area (TPSA) is 51.5 Å². The molecule has 1 aliphatic rings. The molecule has 1 amide bonds. The van der Waals surface area contributed by atoms with E-state index >= 15 is 0 Å². The van der Waals surface area contributed by atoms with Gasteiger partial charge in [0.05, 0.1) is 0 Å². The van der Waals surface area contributed by atoms with Gasteiger partial charge >= 0.3 is 6.09 Å². The van der Waals surface area contributed by atoms with E-state index in [4.69, 9.17) is 4.74 Å². The highest BCUT2D eigenvalue weighted by Gasteiger charge is 2.27. The zero-order valence-electron chi connectivity index (χ0n) is 18.9. The highest BCUT2D eigenvalue weighted by molar-refractivity contribution is 7.84. The maximum atomic E-state index is 14.6. The highest BCUT2D eigenvalue weighted by Crippen LogP contribution is 2.32. The number of carbonyl (C=O) groups is 1. The molecule has 32 heavy (non-hydrogen) atoms. The van der Waals surface area contributed by atoms with Crippen molar-refractivity contribution >= 4 is 27.8 Å². The minimum Gasteiger partial charge on any atom is -0.444 e. The number of rotatable bonds is 3. The van der Waals surface area contributed by atoms with E-state index in [1.807, 2.05) is 45.0 Å².